The predicted octanol–water partition coefficient (Wildman–Crippen LogP) is 2.88. The van der Waals surface area contributed by atoms with Crippen LogP contribution in [0.2, 0.25) is 0 Å². The summed E-state index contributed by atoms with van der Waals surface area (Å²) < 4.78 is 0. The van der Waals surface area contributed by atoms with Gasteiger partial charge in [-0.3, -0.25) is 9.69 Å². The zero-order valence-electron chi connectivity index (χ0n) is 13.3. The molecule has 1 aliphatic heterocycles. The third-order valence-electron chi connectivity index (χ3n) is 4.99. The number of amides is 1. The summed E-state index contributed by atoms with van der Waals surface area (Å²) >= 11 is 0. The molecule has 0 radical (unpaired) electrons. The van der Waals surface area contributed by atoms with Crippen molar-refractivity contribution in [2.24, 2.45) is 5.73 Å². The fourth-order valence-electron chi connectivity index (χ4n) is 3.61. The average molecular weight is 301 g/mol. The fraction of sp³-hybridized carbons (Fsp3) is 0.611. The monoisotopic (exact) mass is 301 g/mol. The Kier molecular flexibility index (Phi) is 4.79. The third-order valence-corrected chi connectivity index (χ3v) is 4.99. The summed E-state index contributed by atoms with van der Waals surface area (Å²) in [6, 6.07) is 8.20. The van der Waals surface area contributed by atoms with Gasteiger partial charge in [-0.1, -0.05) is 31.4 Å². The van der Waals surface area contributed by atoms with Crippen molar-refractivity contribution in [1.82, 2.24) is 4.90 Å². The molecule has 3 N–H and O–H groups in total. The maximum absolute atomic E-state index is 12.4. The Morgan fingerprint density at radius 3 is 2.59 bits per heavy atom. The van der Waals surface area contributed by atoms with E-state index in [0.717, 1.165) is 37.9 Å². The number of nitrogens with zero attached hydrogens (tertiary/aromatic N) is 1. The highest BCUT2D eigenvalue weighted by Gasteiger charge is 2.36. The highest BCUT2D eigenvalue weighted by atomic mass is 16.2. The van der Waals surface area contributed by atoms with Crippen LogP contribution in [0.3, 0.4) is 0 Å². The van der Waals surface area contributed by atoms with Crippen molar-refractivity contribution in [2.75, 3.05) is 18.4 Å². The second-order valence-corrected chi connectivity index (χ2v) is 6.85. The van der Waals surface area contributed by atoms with Gasteiger partial charge in [-0.15, -0.1) is 0 Å². The van der Waals surface area contributed by atoms with Gasteiger partial charge < -0.3 is 11.1 Å². The Morgan fingerprint density at radius 1 is 1.14 bits per heavy atom. The third kappa shape index (κ3) is 3.68. The van der Waals surface area contributed by atoms with Gasteiger partial charge in [0.2, 0.25) is 5.91 Å². The highest BCUT2D eigenvalue weighted by Crippen LogP contribution is 2.28. The molecular weight excluding hydrogens is 274 g/mol. The molecule has 1 aromatic carbocycles. The summed E-state index contributed by atoms with van der Waals surface area (Å²) in [7, 11) is 0. The van der Waals surface area contributed by atoms with Gasteiger partial charge in [-0.2, -0.15) is 0 Å². The molecule has 2 aliphatic rings. The quantitative estimate of drug-likeness (QED) is 0.899. The van der Waals surface area contributed by atoms with Crippen molar-refractivity contribution < 1.29 is 4.79 Å². The van der Waals surface area contributed by atoms with E-state index in [-0.39, 0.29) is 5.91 Å². The molecule has 4 nitrogen and oxygen atoms in total. The molecule has 1 heterocycles. The Morgan fingerprint density at radius 2 is 1.86 bits per heavy atom. The molecule has 1 amide bonds. The second-order valence-electron chi connectivity index (χ2n) is 6.85. The van der Waals surface area contributed by atoms with Crippen LogP contribution in [0.25, 0.3) is 0 Å². The maximum atomic E-state index is 12.4. The van der Waals surface area contributed by atoms with Gasteiger partial charge >= 0.3 is 0 Å². The molecule has 1 saturated heterocycles. The first-order valence-electron chi connectivity index (χ1n) is 8.57. The molecule has 2 fully saturated rings. The summed E-state index contributed by atoms with van der Waals surface area (Å²) in [5.74, 6) is -0.0277. The normalized spacial score (nSPS) is 21.7. The van der Waals surface area contributed by atoms with E-state index in [1.807, 2.05) is 12.1 Å². The molecule has 4 heteroatoms. The summed E-state index contributed by atoms with van der Waals surface area (Å²) in [6.45, 7) is 3.34. The van der Waals surface area contributed by atoms with Crippen LogP contribution in [0.5, 0.6) is 0 Å². The fourth-order valence-corrected chi connectivity index (χ4v) is 3.61. The lowest BCUT2D eigenvalue weighted by atomic mass is 9.98. The van der Waals surface area contributed by atoms with Crippen molar-refractivity contribution in [3.63, 3.8) is 0 Å². The first-order chi connectivity index (χ1) is 10.7. The number of likely N-dealkylation sites (tertiary alicyclic amines) is 1. The van der Waals surface area contributed by atoms with Gasteiger partial charge in [-0.05, 0) is 56.5 Å². The first kappa shape index (κ1) is 15.5. The van der Waals surface area contributed by atoms with E-state index < -0.39 is 5.54 Å². The van der Waals surface area contributed by atoms with Crippen LogP contribution in [-0.2, 0) is 11.3 Å². The summed E-state index contributed by atoms with van der Waals surface area (Å²) in [5.41, 5.74) is 7.69. The van der Waals surface area contributed by atoms with E-state index in [2.05, 4.69) is 22.3 Å². The lowest BCUT2D eigenvalue weighted by molar-refractivity contribution is -0.121. The lowest BCUT2D eigenvalue weighted by Gasteiger charge is -2.26. The van der Waals surface area contributed by atoms with Gasteiger partial charge in [0.1, 0.15) is 0 Å². The predicted molar refractivity (Wildman–Crippen MR) is 89.6 cm³/mol. The van der Waals surface area contributed by atoms with Crippen LogP contribution in [0, 0.1) is 0 Å². The van der Waals surface area contributed by atoms with E-state index in [9.17, 15) is 4.79 Å². The van der Waals surface area contributed by atoms with Crippen LogP contribution in [0.4, 0.5) is 5.69 Å². The summed E-state index contributed by atoms with van der Waals surface area (Å²) in [6.07, 6.45) is 7.65. The minimum atomic E-state index is -0.664. The molecular formula is C18H27N3O. The SMILES string of the molecule is NC1(C(=O)Nc2cccc(CN3CCCCC3)c2)CCCC1. The first-order valence-corrected chi connectivity index (χ1v) is 8.57. The van der Waals surface area contributed by atoms with Gasteiger partial charge in [0.15, 0.2) is 0 Å². The molecule has 22 heavy (non-hydrogen) atoms. The molecule has 0 unspecified atom stereocenters. The van der Waals surface area contributed by atoms with E-state index in [4.69, 9.17) is 5.73 Å². The highest BCUT2D eigenvalue weighted by molar-refractivity contribution is 5.98. The number of rotatable bonds is 4. The zero-order chi connectivity index (χ0) is 15.4. The van der Waals surface area contributed by atoms with E-state index in [0.29, 0.717) is 0 Å². The maximum Gasteiger partial charge on any atom is 0.244 e. The number of carbonyl (C=O) groups excluding carboxylic acids is 1. The van der Waals surface area contributed by atoms with Gasteiger partial charge in [0.05, 0.1) is 5.54 Å². The molecule has 1 aromatic rings. The number of carbonyl (C=O) groups is 1. The number of benzene rings is 1. The van der Waals surface area contributed by atoms with E-state index in [1.54, 1.807) is 0 Å². The van der Waals surface area contributed by atoms with E-state index in [1.165, 1.54) is 37.9 Å². The van der Waals surface area contributed by atoms with Crippen LogP contribution in [0.1, 0.15) is 50.5 Å². The zero-order valence-corrected chi connectivity index (χ0v) is 13.3. The summed E-state index contributed by atoms with van der Waals surface area (Å²) in [4.78, 5) is 14.9. The largest absolute Gasteiger partial charge is 0.324 e. The van der Waals surface area contributed by atoms with Crippen molar-refractivity contribution in [3.05, 3.63) is 29.8 Å². The molecule has 120 valence electrons. The Hall–Kier alpha value is -1.39. The molecule has 1 saturated carbocycles. The van der Waals surface area contributed by atoms with Crippen LogP contribution in [0.15, 0.2) is 24.3 Å². The molecule has 1 aliphatic carbocycles. The lowest BCUT2D eigenvalue weighted by Crippen LogP contribution is -2.48. The van der Waals surface area contributed by atoms with Crippen LogP contribution in [-0.4, -0.2) is 29.4 Å². The Bertz CT molecular complexity index is 517. The van der Waals surface area contributed by atoms with E-state index >= 15 is 0 Å². The Labute approximate surface area is 133 Å². The minimum absolute atomic E-state index is 0.0277. The second kappa shape index (κ2) is 6.80. The van der Waals surface area contributed by atoms with Gasteiger partial charge in [0, 0.05) is 12.2 Å². The van der Waals surface area contributed by atoms with Crippen molar-refractivity contribution >= 4 is 11.6 Å². The topological polar surface area (TPSA) is 58.4 Å². The number of piperidine rings is 1. The molecule has 3 rings (SSSR count). The molecule has 0 bridgehead atoms. The minimum Gasteiger partial charge on any atom is -0.324 e. The number of hydrogen-bond donors (Lipinski definition) is 2. The molecule has 0 aromatic heterocycles. The molecule has 0 atom stereocenters. The smallest absolute Gasteiger partial charge is 0.244 e. The van der Waals surface area contributed by atoms with Crippen LogP contribution >= 0.6 is 0 Å². The van der Waals surface area contributed by atoms with Crippen molar-refractivity contribution in [3.8, 4) is 0 Å². The number of hydrogen-bond acceptors (Lipinski definition) is 3. The summed E-state index contributed by atoms with van der Waals surface area (Å²) in [5, 5.41) is 3.02. The van der Waals surface area contributed by atoms with Crippen LogP contribution < -0.4 is 11.1 Å². The number of anilines is 1. The van der Waals surface area contributed by atoms with Gasteiger partial charge in [-0.25, -0.2) is 0 Å². The van der Waals surface area contributed by atoms with Crippen molar-refractivity contribution in [1.29, 1.82) is 0 Å². The average Bonchev–Trinajstić information content (AvgIpc) is 2.97. The Balaban J connectivity index is 1.62. The standard InChI is InChI=1S/C18H27N3O/c19-18(9-2-3-10-18)17(22)20-16-8-6-7-15(13-16)14-21-11-4-1-5-12-21/h6-8,13H,1-5,9-12,14,19H2,(H,20,22). The van der Waals surface area contributed by atoms with Crippen molar-refractivity contribution in [2.45, 2.75) is 57.0 Å². The number of nitrogens with one attached hydrogen (secondary N) is 1. The number of nitrogens with two attached hydrogens (primary N) is 1. The van der Waals surface area contributed by atoms with Gasteiger partial charge in [0.25, 0.3) is 0 Å². The molecule has 0 spiro atoms.